The smallest absolute Gasteiger partial charge is 0.267 e. The number of aromatic amines is 1. The Balaban J connectivity index is 1.13. The van der Waals surface area contributed by atoms with Crippen molar-refractivity contribution in [2.45, 2.75) is 45.3 Å². The highest BCUT2D eigenvalue weighted by molar-refractivity contribution is 5.99. The molecule has 3 aromatic rings. The Morgan fingerprint density at radius 3 is 2.78 bits per heavy atom. The van der Waals surface area contributed by atoms with Crippen molar-refractivity contribution >= 4 is 16.8 Å². The summed E-state index contributed by atoms with van der Waals surface area (Å²) in [6.45, 7) is 7.93. The Labute approximate surface area is 188 Å². The molecule has 1 saturated heterocycles. The maximum atomic E-state index is 12.6. The van der Waals surface area contributed by atoms with Crippen LogP contribution in [0.25, 0.3) is 10.9 Å². The van der Waals surface area contributed by atoms with Gasteiger partial charge < -0.3 is 20.1 Å². The van der Waals surface area contributed by atoms with E-state index in [0.29, 0.717) is 23.7 Å². The third-order valence-electron chi connectivity index (χ3n) is 6.70. The van der Waals surface area contributed by atoms with E-state index in [1.165, 1.54) is 11.1 Å². The van der Waals surface area contributed by atoms with Crippen LogP contribution in [-0.4, -0.2) is 46.1 Å². The number of phenolic OH excluding ortho intramolecular Hbond substituents is 1. The second-order valence-corrected chi connectivity index (χ2v) is 9.80. The van der Waals surface area contributed by atoms with E-state index < -0.39 is 0 Å². The summed E-state index contributed by atoms with van der Waals surface area (Å²) in [5.41, 5.74) is 3.57. The number of H-pyrrole nitrogens is 1. The maximum absolute atomic E-state index is 12.6. The molecule has 5 rings (SSSR count). The third-order valence-corrected chi connectivity index (χ3v) is 6.70. The topological polar surface area (TPSA) is 77.6 Å². The number of aromatic hydroxyl groups is 1. The van der Waals surface area contributed by atoms with Gasteiger partial charge in [0.1, 0.15) is 22.8 Å². The minimum absolute atomic E-state index is 0.118. The molecule has 1 fully saturated rings. The van der Waals surface area contributed by atoms with Crippen LogP contribution in [0, 0.1) is 5.92 Å². The quantitative estimate of drug-likeness (QED) is 0.563. The lowest BCUT2D eigenvalue weighted by atomic mass is 9.96. The minimum atomic E-state index is -0.123. The van der Waals surface area contributed by atoms with Crippen molar-refractivity contribution in [3.05, 3.63) is 59.3 Å². The van der Waals surface area contributed by atoms with Crippen LogP contribution in [0.1, 0.15) is 48.3 Å². The van der Waals surface area contributed by atoms with E-state index in [0.717, 1.165) is 50.0 Å². The summed E-state index contributed by atoms with van der Waals surface area (Å²) in [5.74, 6) is 1.59. The number of carbonyl (C=O) groups is 1. The number of phenols is 1. The van der Waals surface area contributed by atoms with Crippen LogP contribution in [0.4, 0.5) is 0 Å². The second-order valence-electron chi connectivity index (χ2n) is 9.80. The van der Waals surface area contributed by atoms with Crippen molar-refractivity contribution in [1.82, 2.24) is 15.2 Å². The molecule has 1 aromatic heterocycles. The van der Waals surface area contributed by atoms with Gasteiger partial charge in [-0.15, -0.1) is 0 Å². The molecule has 0 saturated carbocycles. The molecule has 1 amide bonds. The number of piperidine rings is 1. The fourth-order valence-corrected chi connectivity index (χ4v) is 4.99. The van der Waals surface area contributed by atoms with Crippen LogP contribution in [0.2, 0.25) is 0 Å². The predicted molar refractivity (Wildman–Crippen MR) is 125 cm³/mol. The number of aromatic nitrogens is 1. The molecule has 2 aliphatic rings. The van der Waals surface area contributed by atoms with Crippen LogP contribution in [-0.2, 0) is 13.0 Å². The number of hydrogen-bond donors (Lipinski definition) is 3. The molecule has 0 unspecified atom stereocenters. The zero-order chi connectivity index (χ0) is 22.3. The van der Waals surface area contributed by atoms with Crippen molar-refractivity contribution in [2.75, 3.05) is 19.6 Å². The average Bonchev–Trinajstić information content (AvgIpc) is 3.34. The number of benzene rings is 2. The first-order valence-corrected chi connectivity index (χ1v) is 11.5. The Morgan fingerprint density at radius 1 is 1.22 bits per heavy atom. The first kappa shape index (κ1) is 20.9. The normalized spacial score (nSPS) is 18.4. The molecule has 6 nitrogen and oxygen atoms in total. The van der Waals surface area contributed by atoms with E-state index in [9.17, 15) is 9.90 Å². The SMILES string of the molecule is CC1(C)Cc2cccc(CN3CCC(CNC(=O)c4cc5cccc(O)c5[nH]4)CC3)c2O1. The summed E-state index contributed by atoms with van der Waals surface area (Å²) in [7, 11) is 0. The number of fused-ring (bicyclic) bond motifs is 2. The molecule has 0 spiro atoms. The number of nitrogens with one attached hydrogen (secondary N) is 2. The number of nitrogens with zero attached hydrogens (tertiary/aromatic N) is 1. The molecule has 6 heteroatoms. The fraction of sp³-hybridized carbons (Fsp3) is 0.423. The molecule has 0 radical (unpaired) electrons. The van der Waals surface area contributed by atoms with Gasteiger partial charge in [-0.1, -0.05) is 30.3 Å². The van der Waals surface area contributed by atoms with Gasteiger partial charge in [0.25, 0.3) is 5.91 Å². The highest BCUT2D eigenvalue weighted by Crippen LogP contribution is 2.38. The van der Waals surface area contributed by atoms with Crippen molar-refractivity contribution < 1.29 is 14.6 Å². The molecular weight excluding hydrogens is 402 g/mol. The van der Waals surface area contributed by atoms with Crippen molar-refractivity contribution in [3.8, 4) is 11.5 Å². The summed E-state index contributed by atoms with van der Waals surface area (Å²) in [6.07, 6.45) is 3.10. The number of para-hydroxylation sites is 2. The predicted octanol–water partition coefficient (Wildman–Crippen LogP) is 4.23. The Bertz CT molecular complexity index is 1140. The van der Waals surface area contributed by atoms with E-state index in [4.69, 9.17) is 4.74 Å². The lowest BCUT2D eigenvalue weighted by Crippen LogP contribution is -2.38. The lowest BCUT2D eigenvalue weighted by molar-refractivity contribution is 0.0930. The van der Waals surface area contributed by atoms with Crippen molar-refractivity contribution in [2.24, 2.45) is 5.92 Å². The zero-order valence-electron chi connectivity index (χ0n) is 18.8. The van der Waals surface area contributed by atoms with Gasteiger partial charge in [-0.2, -0.15) is 0 Å². The largest absolute Gasteiger partial charge is 0.506 e. The molecule has 0 bridgehead atoms. The van der Waals surface area contributed by atoms with Gasteiger partial charge in [0.05, 0.1) is 5.52 Å². The number of rotatable bonds is 5. The molecule has 168 valence electrons. The van der Waals surface area contributed by atoms with Crippen LogP contribution in [0.5, 0.6) is 11.5 Å². The van der Waals surface area contributed by atoms with E-state index in [1.807, 2.05) is 6.07 Å². The Morgan fingerprint density at radius 2 is 2.00 bits per heavy atom. The molecule has 2 aliphatic heterocycles. The average molecular weight is 434 g/mol. The standard InChI is InChI=1S/C26H31N3O3/c1-26(2)14-19-6-3-7-20(24(19)32-26)16-29-11-9-17(10-12-29)15-27-25(31)21-13-18-5-4-8-22(30)23(18)28-21/h3-8,13,17,28,30H,9-12,14-16H2,1-2H3,(H,27,31). The van der Waals surface area contributed by atoms with Gasteiger partial charge in [0, 0.05) is 30.5 Å². The molecule has 3 heterocycles. The second kappa shape index (κ2) is 8.17. The molecule has 0 atom stereocenters. The van der Waals surface area contributed by atoms with Crippen LogP contribution >= 0.6 is 0 Å². The van der Waals surface area contributed by atoms with Gasteiger partial charge in [-0.3, -0.25) is 9.69 Å². The number of hydrogen-bond acceptors (Lipinski definition) is 4. The number of ether oxygens (including phenoxy) is 1. The highest BCUT2D eigenvalue weighted by Gasteiger charge is 2.32. The van der Waals surface area contributed by atoms with E-state index >= 15 is 0 Å². The Hall–Kier alpha value is -2.99. The summed E-state index contributed by atoms with van der Waals surface area (Å²) < 4.78 is 6.23. The van der Waals surface area contributed by atoms with Crippen molar-refractivity contribution in [3.63, 3.8) is 0 Å². The molecular formula is C26H31N3O3. The Kier molecular flexibility index (Phi) is 5.33. The van der Waals surface area contributed by atoms with Gasteiger partial charge in [-0.25, -0.2) is 0 Å². The third kappa shape index (κ3) is 4.19. The first-order valence-electron chi connectivity index (χ1n) is 11.5. The molecule has 2 aromatic carbocycles. The monoisotopic (exact) mass is 433 g/mol. The molecule has 0 aliphatic carbocycles. The maximum Gasteiger partial charge on any atom is 0.267 e. The van der Waals surface area contributed by atoms with Crippen LogP contribution < -0.4 is 10.1 Å². The minimum Gasteiger partial charge on any atom is -0.506 e. The number of amides is 1. The van der Waals surface area contributed by atoms with Gasteiger partial charge in [0.15, 0.2) is 0 Å². The zero-order valence-corrected chi connectivity index (χ0v) is 18.8. The summed E-state index contributed by atoms with van der Waals surface area (Å²) >= 11 is 0. The molecule has 3 N–H and O–H groups in total. The number of carbonyl (C=O) groups excluding carboxylic acids is 1. The van der Waals surface area contributed by atoms with Gasteiger partial charge >= 0.3 is 0 Å². The fourth-order valence-electron chi connectivity index (χ4n) is 4.99. The van der Waals surface area contributed by atoms with E-state index in [1.54, 1.807) is 18.2 Å². The summed E-state index contributed by atoms with van der Waals surface area (Å²) in [6, 6.07) is 13.6. The summed E-state index contributed by atoms with van der Waals surface area (Å²) in [4.78, 5) is 18.1. The van der Waals surface area contributed by atoms with Crippen LogP contribution in [0.3, 0.4) is 0 Å². The lowest BCUT2D eigenvalue weighted by Gasteiger charge is -2.32. The van der Waals surface area contributed by atoms with Gasteiger partial charge in [-0.05, 0) is 63.4 Å². The summed E-state index contributed by atoms with van der Waals surface area (Å²) in [5, 5.41) is 13.8. The van der Waals surface area contributed by atoms with Crippen molar-refractivity contribution in [1.29, 1.82) is 0 Å². The van der Waals surface area contributed by atoms with E-state index in [2.05, 4.69) is 47.2 Å². The molecule has 32 heavy (non-hydrogen) atoms. The highest BCUT2D eigenvalue weighted by atomic mass is 16.5. The van der Waals surface area contributed by atoms with Crippen LogP contribution in [0.15, 0.2) is 42.5 Å². The number of likely N-dealkylation sites (tertiary alicyclic amines) is 1. The van der Waals surface area contributed by atoms with E-state index in [-0.39, 0.29) is 17.3 Å². The first-order chi connectivity index (χ1) is 15.4. The van der Waals surface area contributed by atoms with Gasteiger partial charge in [0.2, 0.25) is 0 Å².